The number of carbonyl (C=O) groups is 1. The summed E-state index contributed by atoms with van der Waals surface area (Å²) < 4.78 is 26.6. The lowest BCUT2D eigenvalue weighted by molar-refractivity contribution is 0.0942. The summed E-state index contributed by atoms with van der Waals surface area (Å²) in [6.45, 7) is 0.383. The van der Waals surface area contributed by atoms with Crippen molar-refractivity contribution in [3.63, 3.8) is 0 Å². The summed E-state index contributed by atoms with van der Waals surface area (Å²) in [4.78, 5) is 29.5. The van der Waals surface area contributed by atoms with E-state index in [9.17, 15) is 23.1 Å². The van der Waals surface area contributed by atoms with Crippen molar-refractivity contribution in [1.82, 2.24) is 14.9 Å². The molecule has 1 saturated heterocycles. The van der Waals surface area contributed by atoms with Gasteiger partial charge >= 0.3 is 0 Å². The predicted molar refractivity (Wildman–Crippen MR) is 97.0 cm³/mol. The van der Waals surface area contributed by atoms with Gasteiger partial charge < -0.3 is 10.4 Å². The molecule has 0 aromatic carbocycles. The molecule has 0 aliphatic carbocycles. The first-order chi connectivity index (χ1) is 12.3. The van der Waals surface area contributed by atoms with Crippen LogP contribution in [0.25, 0.3) is 0 Å². The number of carbonyl (C=O) groups excluding carboxylic acids is 1. The Labute approximate surface area is 154 Å². The van der Waals surface area contributed by atoms with Crippen molar-refractivity contribution in [3.8, 4) is 5.75 Å². The van der Waals surface area contributed by atoms with E-state index in [0.29, 0.717) is 12.8 Å². The summed E-state index contributed by atoms with van der Waals surface area (Å²) in [5, 5.41) is 14.5. The molecule has 0 saturated carbocycles. The summed E-state index contributed by atoms with van der Waals surface area (Å²) in [5.41, 5.74) is -1.36. The van der Waals surface area contributed by atoms with Crippen LogP contribution in [0.2, 0.25) is 0 Å². The highest BCUT2D eigenvalue weighted by Crippen LogP contribution is 2.22. The van der Waals surface area contributed by atoms with Gasteiger partial charge in [0, 0.05) is 18.5 Å². The molecule has 26 heavy (non-hydrogen) atoms. The zero-order chi connectivity index (χ0) is 18.9. The van der Waals surface area contributed by atoms with Crippen molar-refractivity contribution in [2.45, 2.75) is 19.4 Å². The monoisotopic (exact) mass is 398 g/mol. The van der Waals surface area contributed by atoms with Crippen LogP contribution in [0.1, 0.15) is 28.2 Å². The summed E-state index contributed by atoms with van der Waals surface area (Å²) in [6.07, 6.45) is 1.15. The fourth-order valence-electron chi connectivity index (χ4n) is 2.64. The Balaban J connectivity index is 1.97. The highest BCUT2D eigenvalue weighted by atomic mass is 32.2. The van der Waals surface area contributed by atoms with E-state index < -0.39 is 32.9 Å². The number of amides is 1. The van der Waals surface area contributed by atoms with E-state index in [1.165, 1.54) is 18.4 Å². The average molecular weight is 398 g/mol. The van der Waals surface area contributed by atoms with Gasteiger partial charge in [-0.05, 0) is 24.3 Å². The van der Waals surface area contributed by atoms with Crippen LogP contribution in [0.5, 0.6) is 5.75 Å². The minimum atomic E-state index is -3.62. The fourth-order valence-corrected chi connectivity index (χ4v) is 4.89. The van der Waals surface area contributed by atoms with Crippen LogP contribution < -0.4 is 15.2 Å². The Morgan fingerprint density at radius 1 is 1.42 bits per heavy atom. The van der Waals surface area contributed by atoms with Gasteiger partial charge in [0.1, 0.15) is 0 Å². The van der Waals surface area contributed by atoms with Crippen LogP contribution in [-0.2, 0) is 23.6 Å². The number of sulfonamides is 1. The molecular formula is C15H18N4O5S2. The van der Waals surface area contributed by atoms with Crippen molar-refractivity contribution in [2.75, 3.05) is 16.6 Å². The van der Waals surface area contributed by atoms with Gasteiger partial charge in [-0.2, -0.15) is 0 Å². The molecule has 1 amide bonds. The molecule has 0 bridgehead atoms. The van der Waals surface area contributed by atoms with E-state index in [2.05, 4.69) is 10.3 Å². The predicted octanol–water partition coefficient (Wildman–Crippen LogP) is 0.407. The quantitative estimate of drug-likeness (QED) is 0.769. The molecule has 3 rings (SSSR count). The number of nitrogens with zero attached hydrogens (tertiary/aromatic N) is 3. The number of nitrogens with one attached hydrogen (secondary N) is 1. The van der Waals surface area contributed by atoms with Crippen molar-refractivity contribution >= 4 is 33.2 Å². The molecule has 0 spiro atoms. The number of hydrogen-bond acceptors (Lipinski definition) is 7. The first kappa shape index (κ1) is 18.4. The normalized spacial score (nSPS) is 16.4. The van der Waals surface area contributed by atoms with Gasteiger partial charge in [-0.25, -0.2) is 17.7 Å². The van der Waals surface area contributed by atoms with Crippen LogP contribution >= 0.6 is 11.3 Å². The Kier molecular flexibility index (Phi) is 5.01. The van der Waals surface area contributed by atoms with Crippen molar-refractivity contribution < 1.29 is 18.3 Å². The number of rotatable bonds is 4. The van der Waals surface area contributed by atoms with Crippen LogP contribution in [0.15, 0.2) is 22.3 Å². The lowest BCUT2D eigenvalue weighted by Gasteiger charge is -2.28. The second kappa shape index (κ2) is 7.08. The van der Waals surface area contributed by atoms with Crippen molar-refractivity contribution in [2.24, 2.45) is 7.05 Å². The molecule has 2 aromatic rings. The Bertz CT molecular complexity index is 982. The molecule has 1 aliphatic heterocycles. The van der Waals surface area contributed by atoms with Crippen LogP contribution in [0.4, 0.5) is 5.95 Å². The Hall–Kier alpha value is -2.40. The molecular weight excluding hydrogens is 380 g/mol. The number of anilines is 1. The minimum Gasteiger partial charge on any atom is -0.501 e. The smallest absolute Gasteiger partial charge is 0.297 e. The van der Waals surface area contributed by atoms with Crippen molar-refractivity contribution in [1.29, 1.82) is 0 Å². The first-order valence-electron chi connectivity index (χ1n) is 7.92. The van der Waals surface area contributed by atoms with E-state index in [1.807, 2.05) is 17.5 Å². The largest absolute Gasteiger partial charge is 0.501 e. The molecule has 0 atom stereocenters. The number of aromatic hydroxyl groups is 1. The topological polar surface area (TPSA) is 122 Å². The molecule has 2 aromatic heterocycles. The first-order valence-corrected chi connectivity index (χ1v) is 10.4. The summed E-state index contributed by atoms with van der Waals surface area (Å²) in [5.74, 6) is -1.78. The third-order valence-corrected chi connectivity index (χ3v) is 6.73. The third-order valence-electron chi connectivity index (χ3n) is 4.03. The zero-order valence-corrected chi connectivity index (χ0v) is 15.6. The average Bonchev–Trinajstić information content (AvgIpc) is 3.12. The minimum absolute atomic E-state index is 0.0519. The lowest BCUT2D eigenvalue weighted by atomic mass is 10.3. The highest BCUT2D eigenvalue weighted by molar-refractivity contribution is 7.92. The maximum absolute atomic E-state index is 12.4. The van der Waals surface area contributed by atoms with Gasteiger partial charge in [-0.15, -0.1) is 11.3 Å². The van der Waals surface area contributed by atoms with Crippen LogP contribution in [0.3, 0.4) is 0 Å². The molecule has 0 unspecified atom stereocenters. The number of hydrogen-bond donors (Lipinski definition) is 2. The van der Waals surface area contributed by atoms with E-state index in [-0.39, 0.29) is 24.8 Å². The summed E-state index contributed by atoms with van der Waals surface area (Å²) in [7, 11) is -2.31. The summed E-state index contributed by atoms with van der Waals surface area (Å²) >= 11 is 1.44. The fraction of sp³-hybridized carbons (Fsp3) is 0.400. The molecule has 1 fully saturated rings. The van der Waals surface area contributed by atoms with Gasteiger partial charge in [0.15, 0.2) is 5.69 Å². The second-order valence-electron chi connectivity index (χ2n) is 5.83. The van der Waals surface area contributed by atoms with Gasteiger partial charge in [0.25, 0.3) is 11.5 Å². The molecule has 11 heteroatoms. The van der Waals surface area contributed by atoms with Crippen LogP contribution in [0, 0.1) is 0 Å². The molecule has 0 radical (unpaired) electrons. The van der Waals surface area contributed by atoms with E-state index in [0.717, 1.165) is 13.7 Å². The molecule has 3 heterocycles. The Morgan fingerprint density at radius 2 is 2.19 bits per heavy atom. The maximum Gasteiger partial charge on any atom is 0.297 e. The Morgan fingerprint density at radius 3 is 2.85 bits per heavy atom. The van der Waals surface area contributed by atoms with Crippen LogP contribution in [-0.4, -0.2) is 41.3 Å². The van der Waals surface area contributed by atoms with Crippen molar-refractivity contribution in [3.05, 3.63) is 38.4 Å². The molecule has 9 nitrogen and oxygen atoms in total. The highest BCUT2D eigenvalue weighted by Gasteiger charge is 2.31. The molecule has 1 aliphatic rings. The SMILES string of the molecule is Cn1c(N2CCCCS2(=O)=O)nc(C(=O)NCc2cccs2)c(O)c1=O. The van der Waals surface area contributed by atoms with E-state index in [1.54, 1.807) is 0 Å². The number of thiophene rings is 1. The van der Waals surface area contributed by atoms with Gasteiger partial charge in [-0.1, -0.05) is 6.07 Å². The summed E-state index contributed by atoms with van der Waals surface area (Å²) in [6, 6.07) is 3.66. The molecule has 2 N–H and O–H groups in total. The van der Waals surface area contributed by atoms with Gasteiger partial charge in [-0.3, -0.25) is 14.2 Å². The lowest BCUT2D eigenvalue weighted by Crippen LogP contribution is -2.42. The van der Waals surface area contributed by atoms with E-state index in [4.69, 9.17) is 0 Å². The molecule has 140 valence electrons. The second-order valence-corrected chi connectivity index (χ2v) is 8.88. The zero-order valence-electron chi connectivity index (χ0n) is 14.0. The standard InChI is InChI=1S/C15H18N4O5S2/c1-18-14(22)12(20)11(13(21)16-9-10-5-4-7-25-10)17-15(18)19-6-2-3-8-26(19,23)24/h4-5,7,20H,2-3,6,8-9H2,1H3,(H,16,21). The number of aromatic nitrogens is 2. The van der Waals surface area contributed by atoms with Gasteiger partial charge in [0.2, 0.25) is 21.7 Å². The maximum atomic E-state index is 12.4. The van der Waals surface area contributed by atoms with Gasteiger partial charge in [0.05, 0.1) is 12.3 Å². The van der Waals surface area contributed by atoms with E-state index >= 15 is 0 Å². The third kappa shape index (κ3) is 3.44.